The summed E-state index contributed by atoms with van der Waals surface area (Å²) in [5, 5.41) is 0. The molecule has 0 radical (unpaired) electrons. The fourth-order valence-corrected chi connectivity index (χ4v) is 3.24. The van der Waals surface area contributed by atoms with Crippen molar-refractivity contribution in [3.05, 3.63) is 0 Å². The second kappa shape index (κ2) is 13.8. The summed E-state index contributed by atoms with van der Waals surface area (Å²) in [5.74, 6) is 0. The van der Waals surface area contributed by atoms with Crippen molar-refractivity contribution in [1.29, 1.82) is 0 Å². The van der Waals surface area contributed by atoms with Crippen LogP contribution in [0.1, 0.15) is 47.0 Å². The summed E-state index contributed by atoms with van der Waals surface area (Å²) in [5.41, 5.74) is 22.8. The molecular formula is C19H46N6O. The molecule has 7 nitrogen and oxygen atoms in total. The van der Waals surface area contributed by atoms with Gasteiger partial charge in [-0.05, 0) is 47.0 Å². The fraction of sp³-hybridized carbons (Fsp3) is 1.00. The summed E-state index contributed by atoms with van der Waals surface area (Å²) in [4.78, 5) is 4.70. The van der Waals surface area contributed by atoms with E-state index in [1.54, 1.807) is 0 Å². The largest absolute Gasteiger partial charge is 0.376 e. The summed E-state index contributed by atoms with van der Waals surface area (Å²) in [7, 11) is 0. The van der Waals surface area contributed by atoms with Crippen molar-refractivity contribution in [3.63, 3.8) is 0 Å². The van der Waals surface area contributed by atoms with E-state index in [0.29, 0.717) is 26.2 Å². The third-order valence-electron chi connectivity index (χ3n) is 5.00. The quantitative estimate of drug-likeness (QED) is 0.268. The molecule has 0 unspecified atom stereocenters. The van der Waals surface area contributed by atoms with Crippen molar-refractivity contribution in [2.75, 3.05) is 65.5 Å². The average Bonchev–Trinajstić information content (AvgIpc) is 2.57. The van der Waals surface area contributed by atoms with Gasteiger partial charge in [0.25, 0.3) is 0 Å². The van der Waals surface area contributed by atoms with Crippen molar-refractivity contribution in [3.8, 4) is 0 Å². The molecule has 0 spiro atoms. The molecule has 0 bridgehead atoms. The van der Waals surface area contributed by atoms with Gasteiger partial charge in [0.05, 0.1) is 5.60 Å². The van der Waals surface area contributed by atoms with Gasteiger partial charge in [-0.1, -0.05) is 0 Å². The van der Waals surface area contributed by atoms with Crippen LogP contribution < -0.4 is 22.9 Å². The fourth-order valence-electron chi connectivity index (χ4n) is 3.24. The van der Waals surface area contributed by atoms with Gasteiger partial charge in [0.2, 0.25) is 0 Å². The molecule has 0 fully saturated rings. The molecule has 0 amide bonds. The summed E-state index contributed by atoms with van der Waals surface area (Å²) in [6.45, 7) is 16.8. The molecule has 0 rings (SSSR count). The van der Waals surface area contributed by atoms with Crippen molar-refractivity contribution >= 4 is 0 Å². The minimum Gasteiger partial charge on any atom is -0.376 e. The molecule has 0 heterocycles. The van der Waals surface area contributed by atoms with Gasteiger partial charge in [-0.2, -0.15) is 0 Å². The van der Waals surface area contributed by atoms with Gasteiger partial charge in [-0.15, -0.1) is 0 Å². The predicted octanol–water partition coefficient (Wildman–Crippen LogP) is 0.169. The van der Waals surface area contributed by atoms with Crippen LogP contribution in [-0.2, 0) is 4.74 Å². The van der Waals surface area contributed by atoms with Gasteiger partial charge in [0, 0.05) is 71.0 Å². The molecule has 0 aromatic rings. The zero-order chi connectivity index (χ0) is 20.1. The maximum atomic E-state index is 6.17. The monoisotopic (exact) mass is 374 g/mol. The summed E-state index contributed by atoms with van der Waals surface area (Å²) in [6, 6.07) is 0. The van der Waals surface area contributed by atoms with Crippen LogP contribution in [0.2, 0.25) is 0 Å². The van der Waals surface area contributed by atoms with E-state index in [1.165, 1.54) is 0 Å². The first-order chi connectivity index (χ1) is 12.2. The van der Waals surface area contributed by atoms with Crippen LogP contribution in [0.25, 0.3) is 0 Å². The van der Waals surface area contributed by atoms with E-state index in [4.69, 9.17) is 27.7 Å². The van der Waals surface area contributed by atoms with Gasteiger partial charge in [-0.25, -0.2) is 0 Å². The Balaban J connectivity index is 4.26. The number of nitrogens with two attached hydrogens (primary N) is 4. The maximum absolute atomic E-state index is 6.17. The molecule has 0 aromatic heterocycles. The first-order valence-electron chi connectivity index (χ1n) is 10.1. The number of ether oxygens (including phenoxy) is 1. The Morgan fingerprint density at radius 2 is 1.19 bits per heavy atom. The van der Waals surface area contributed by atoms with E-state index >= 15 is 0 Å². The second-order valence-corrected chi connectivity index (χ2v) is 8.26. The van der Waals surface area contributed by atoms with Crippen LogP contribution >= 0.6 is 0 Å². The smallest absolute Gasteiger partial charge is 0.0638 e. The van der Waals surface area contributed by atoms with Crippen LogP contribution in [0.3, 0.4) is 0 Å². The van der Waals surface area contributed by atoms with Crippen molar-refractivity contribution in [1.82, 2.24) is 9.80 Å². The van der Waals surface area contributed by atoms with E-state index in [2.05, 4.69) is 37.5 Å². The molecule has 0 aliphatic heterocycles. The molecule has 7 heteroatoms. The van der Waals surface area contributed by atoms with Crippen LogP contribution in [0.15, 0.2) is 0 Å². The van der Waals surface area contributed by atoms with Crippen LogP contribution in [0, 0.1) is 0 Å². The van der Waals surface area contributed by atoms with E-state index in [-0.39, 0.29) is 11.1 Å². The lowest BCUT2D eigenvalue weighted by molar-refractivity contribution is -0.0342. The first kappa shape index (κ1) is 25.7. The van der Waals surface area contributed by atoms with E-state index in [0.717, 1.165) is 58.6 Å². The summed E-state index contributed by atoms with van der Waals surface area (Å²) in [6.07, 6.45) is 3.07. The standard InChI is InChI=1S/C19H46N6O/c1-18(2,25(15-10-22)16-11-23)6-5-17-26-19(3,4)7-12-24(13-8-20)14-9-21/h5-17,20-23H2,1-4H3. The molecule has 0 aromatic carbocycles. The lowest BCUT2D eigenvalue weighted by atomic mass is 9.95. The normalized spacial score (nSPS) is 13.2. The number of hydrogen-bond donors (Lipinski definition) is 4. The molecule has 0 saturated carbocycles. The Hall–Kier alpha value is -0.280. The highest BCUT2D eigenvalue weighted by Crippen LogP contribution is 2.22. The zero-order valence-corrected chi connectivity index (χ0v) is 17.8. The van der Waals surface area contributed by atoms with E-state index < -0.39 is 0 Å². The first-order valence-corrected chi connectivity index (χ1v) is 10.1. The Morgan fingerprint density at radius 3 is 1.65 bits per heavy atom. The molecule has 158 valence electrons. The third-order valence-corrected chi connectivity index (χ3v) is 5.00. The molecule has 26 heavy (non-hydrogen) atoms. The number of rotatable bonds is 17. The highest BCUT2D eigenvalue weighted by molar-refractivity contribution is 4.82. The van der Waals surface area contributed by atoms with Crippen molar-refractivity contribution < 1.29 is 4.74 Å². The topological polar surface area (TPSA) is 120 Å². The van der Waals surface area contributed by atoms with Gasteiger partial charge >= 0.3 is 0 Å². The van der Waals surface area contributed by atoms with Gasteiger partial charge in [-0.3, -0.25) is 4.90 Å². The minimum atomic E-state index is -0.139. The van der Waals surface area contributed by atoms with Gasteiger partial charge < -0.3 is 32.6 Å². The molecule has 0 atom stereocenters. The lowest BCUT2D eigenvalue weighted by Crippen LogP contribution is -2.48. The molecule has 0 aliphatic rings. The lowest BCUT2D eigenvalue weighted by Gasteiger charge is -2.39. The SMILES string of the molecule is CC(C)(CCN(CCN)CCN)OCCCC(C)(C)N(CCN)CCN. The minimum absolute atomic E-state index is 0.0886. The van der Waals surface area contributed by atoms with Crippen molar-refractivity contribution in [2.45, 2.75) is 58.1 Å². The Kier molecular flexibility index (Phi) is 13.7. The van der Waals surface area contributed by atoms with Crippen molar-refractivity contribution in [2.24, 2.45) is 22.9 Å². The predicted molar refractivity (Wildman–Crippen MR) is 112 cm³/mol. The van der Waals surface area contributed by atoms with Gasteiger partial charge in [0.15, 0.2) is 0 Å². The van der Waals surface area contributed by atoms with E-state index in [9.17, 15) is 0 Å². The Morgan fingerprint density at radius 1 is 0.692 bits per heavy atom. The van der Waals surface area contributed by atoms with Crippen LogP contribution in [0.5, 0.6) is 0 Å². The summed E-state index contributed by atoms with van der Waals surface area (Å²) >= 11 is 0. The number of nitrogens with zero attached hydrogens (tertiary/aromatic N) is 2. The molecule has 0 saturated heterocycles. The zero-order valence-electron chi connectivity index (χ0n) is 17.8. The molecule has 8 N–H and O–H groups in total. The van der Waals surface area contributed by atoms with Crippen LogP contribution in [-0.4, -0.2) is 86.4 Å². The van der Waals surface area contributed by atoms with Gasteiger partial charge in [0.1, 0.15) is 0 Å². The Bertz CT molecular complexity index is 326. The average molecular weight is 375 g/mol. The highest BCUT2D eigenvalue weighted by atomic mass is 16.5. The number of hydrogen-bond acceptors (Lipinski definition) is 7. The summed E-state index contributed by atoms with van der Waals surface area (Å²) < 4.78 is 6.17. The molecular weight excluding hydrogens is 328 g/mol. The van der Waals surface area contributed by atoms with Crippen LogP contribution in [0.4, 0.5) is 0 Å². The second-order valence-electron chi connectivity index (χ2n) is 8.26. The maximum Gasteiger partial charge on any atom is 0.0638 e. The van der Waals surface area contributed by atoms with E-state index in [1.807, 2.05) is 0 Å². The molecule has 0 aliphatic carbocycles. The third kappa shape index (κ3) is 11.4. The highest BCUT2D eigenvalue weighted by Gasteiger charge is 2.26. The Labute approximate surface area is 161 Å².